The van der Waals surface area contributed by atoms with Gasteiger partial charge in [-0.1, -0.05) is 51.9 Å². The van der Waals surface area contributed by atoms with E-state index in [-0.39, 0.29) is 0 Å². The molecule has 22 heavy (non-hydrogen) atoms. The predicted molar refractivity (Wildman–Crippen MR) is 89.8 cm³/mol. The molecule has 0 bridgehead atoms. The van der Waals surface area contributed by atoms with E-state index in [2.05, 4.69) is 19.3 Å². The molecule has 1 aliphatic rings. The van der Waals surface area contributed by atoms with Gasteiger partial charge in [-0.2, -0.15) is 0 Å². The number of amides is 1. The molecule has 132 valence electrons. The summed E-state index contributed by atoms with van der Waals surface area (Å²) in [5.41, 5.74) is 7.91. The van der Waals surface area contributed by atoms with E-state index in [4.69, 9.17) is 15.6 Å². The number of ether oxygens (including phenoxy) is 1. The van der Waals surface area contributed by atoms with Crippen LogP contribution in [0.5, 0.6) is 0 Å². The lowest BCUT2D eigenvalue weighted by Crippen LogP contribution is -2.47. The summed E-state index contributed by atoms with van der Waals surface area (Å²) in [6, 6.07) is 0.403. The van der Waals surface area contributed by atoms with E-state index in [0.29, 0.717) is 32.3 Å². The normalized spacial score (nSPS) is 16.5. The highest BCUT2D eigenvalue weighted by atomic mass is 16.5. The molecule has 1 amide bonds. The van der Waals surface area contributed by atoms with Crippen molar-refractivity contribution in [1.82, 2.24) is 10.4 Å². The van der Waals surface area contributed by atoms with Crippen LogP contribution in [0.4, 0.5) is 4.79 Å². The molecule has 1 unspecified atom stereocenters. The molecule has 4 N–H and O–H groups in total. The smallest absolute Gasteiger partial charge is 0.419 e. The molecule has 1 atom stereocenters. The standard InChI is InChI=1S/C11H25N.C5H10N2O3/c1-3-4-5-6-7-8-9-10-11(2)12;8-5(9)6-7-1-3-10-4-2-7/h11H,3-10,12H2,1-2H3;6H,1-4H2,(H,8,9). The molecule has 0 radical (unpaired) electrons. The summed E-state index contributed by atoms with van der Waals surface area (Å²) < 4.78 is 5.01. The summed E-state index contributed by atoms with van der Waals surface area (Å²) in [5.74, 6) is 0. The zero-order valence-electron chi connectivity index (χ0n) is 14.4. The first-order chi connectivity index (χ1) is 10.6. The van der Waals surface area contributed by atoms with Gasteiger partial charge in [0.25, 0.3) is 0 Å². The molecule has 0 aliphatic carbocycles. The first kappa shape index (κ1) is 21.1. The maximum absolute atomic E-state index is 10.1. The molecule has 1 heterocycles. The van der Waals surface area contributed by atoms with Gasteiger partial charge in [0.05, 0.1) is 13.2 Å². The van der Waals surface area contributed by atoms with Crippen LogP contribution in [-0.4, -0.2) is 48.6 Å². The number of rotatable bonds is 9. The van der Waals surface area contributed by atoms with E-state index >= 15 is 0 Å². The Labute approximate surface area is 135 Å². The predicted octanol–water partition coefficient (Wildman–Crippen LogP) is 2.98. The Hall–Kier alpha value is -0.850. The molecule has 6 nitrogen and oxygen atoms in total. The molecule has 0 aromatic rings. The fraction of sp³-hybridized carbons (Fsp3) is 0.938. The Balaban J connectivity index is 0.000000406. The molecule has 0 spiro atoms. The van der Waals surface area contributed by atoms with Crippen LogP contribution in [-0.2, 0) is 4.74 Å². The molecular formula is C16H35N3O3. The van der Waals surface area contributed by atoms with Crippen molar-refractivity contribution in [2.45, 2.75) is 71.3 Å². The van der Waals surface area contributed by atoms with Crippen molar-refractivity contribution in [3.63, 3.8) is 0 Å². The Morgan fingerprint density at radius 2 is 1.73 bits per heavy atom. The Bertz CT molecular complexity index is 257. The van der Waals surface area contributed by atoms with Crippen molar-refractivity contribution in [3.05, 3.63) is 0 Å². The number of carbonyl (C=O) groups is 1. The van der Waals surface area contributed by atoms with Crippen molar-refractivity contribution in [2.24, 2.45) is 5.73 Å². The number of carboxylic acid groups (broad SMARTS) is 1. The first-order valence-corrected chi connectivity index (χ1v) is 8.64. The van der Waals surface area contributed by atoms with E-state index in [1.807, 2.05) is 0 Å². The quantitative estimate of drug-likeness (QED) is 0.569. The van der Waals surface area contributed by atoms with E-state index in [1.165, 1.54) is 51.4 Å². The van der Waals surface area contributed by atoms with Gasteiger partial charge in [0.2, 0.25) is 0 Å². The summed E-state index contributed by atoms with van der Waals surface area (Å²) in [7, 11) is 0. The Kier molecular flexibility index (Phi) is 14.5. The van der Waals surface area contributed by atoms with Crippen LogP contribution in [0.1, 0.15) is 65.2 Å². The third-order valence-corrected chi connectivity index (χ3v) is 3.53. The minimum atomic E-state index is -1.01. The van der Waals surface area contributed by atoms with Crippen LogP contribution in [0.25, 0.3) is 0 Å². The molecule has 1 saturated heterocycles. The number of unbranched alkanes of at least 4 members (excludes halogenated alkanes) is 6. The summed E-state index contributed by atoms with van der Waals surface area (Å²) >= 11 is 0. The average Bonchev–Trinajstić information content (AvgIpc) is 2.47. The van der Waals surface area contributed by atoms with Crippen molar-refractivity contribution < 1.29 is 14.6 Å². The van der Waals surface area contributed by atoms with Crippen LogP contribution in [0.3, 0.4) is 0 Å². The van der Waals surface area contributed by atoms with Gasteiger partial charge in [-0.15, -0.1) is 0 Å². The zero-order valence-corrected chi connectivity index (χ0v) is 14.4. The highest BCUT2D eigenvalue weighted by molar-refractivity contribution is 5.63. The second kappa shape index (κ2) is 15.1. The number of nitrogens with two attached hydrogens (primary N) is 1. The van der Waals surface area contributed by atoms with Gasteiger partial charge < -0.3 is 15.6 Å². The van der Waals surface area contributed by atoms with Crippen molar-refractivity contribution in [1.29, 1.82) is 0 Å². The topological polar surface area (TPSA) is 87.8 Å². The van der Waals surface area contributed by atoms with Gasteiger partial charge in [-0.25, -0.2) is 9.80 Å². The number of hydrazine groups is 1. The summed E-state index contributed by atoms with van der Waals surface area (Å²) in [5, 5.41) is 9.89. The molecule has 0 aromatic heterocycles. The average molecular weight is 317 g/mol. The minimum absolute atomic E-state index is 0.403. The van der Waals surface area contributed by atoms with E-state index in [1.54, 1.807) is 5.01 Å². The summed E-state index contributed by atoms with van der Waals surface area (Å²) in [4.78, 5) is 10.1. The van der Waals surface area contributed by atoms with Gasteiger partial charge in [0.1, 0.15) is 0 Å². The molecule has 6 heteroatoms. The number of nitrogens with one attached hydrogen (secondary N) is 1. The van der Waals surface area contributed by atoms with Crippen LogP contribution in [0, 0.1) is 0 Å². The zero-order chi connectivity index (χ0) is 16.6. The van der Waals surface area contributed by atoms with Crippen molar-refractivity contribution in [3.8, 4) is 0 Å². The number of hydrogen-bond donors (Lipinski definition) is 3. The maximum Gasteiger partial charge on any atom is 0.419 e. The first-order valence-electron chi connectivity index (χ1n) is 8.64. The molecule has 1 rings (SSSR count). The fourth-order valence-corrected chi connectivity index (χ4v) is 2.23. The van der Waals surface area contributed by atoms with Gasteiger partial charge in [0, 0.05) is 19.1 Å². The SMILES string of the molecule is CCCCCCCCCC(C)N.O=C(O)NN1CCOCC1. The van der Waals surface area contributed by atoms with Crippen molar-refractivity contribution >= 4 is 6.09 Å². The third kappa shape index (κ3) is 15.5. The van der Waals surface area contributed by atoms with Gasteiger partial charge in [-0.05, 0) is 13.3 Å². The molecule has 0 aromatic carbocycles. The highest BCUT2D eigenvalue weighted by Crippen LogP contribution is 2.08. The number of nitrogens with zero attached hydrogens (tertiary/aromatic N) is 1. The van der Waals surface area contributed by atoms with E-state index in [0.717, 1.165) is 0 Å². The lowest BCUT2D eigenvalue weighted by Gasteiger charge is -2.25. The van der Waals surface area contributed by atoms with Gasteiger partial charge in [0.15, 0.2) is 0 Å². The monoisotopic (exact) mass is 317 g/mol. The van der Waals surface area contributed by atoms with E-state index in [9.17, 15) is 4.79 Å². The fourth-order valence-electron chi connectivity index (χ4n) is 2.23. The molecular weight excluding hydrogens is 282 g/mol. The van der Waals surface area contributed by atoms with Crippen LogP contribution in [0.2, 0.25) is 0 Å². The second-order valence-electron chi connectivity index (χ2n) is 5.90. The lowest BCUT2D eigenvalue weighted by atomic mass is 10.1. The molecule has 1 fully saturated rings. The van der Waals surface area contributed by atoms with Crippen LogP contribution < -0.4 is 11.2 Å². The minimum Gasteiger partial charge on any atom is -0.464 e. The number of morpholine rings is 1. The van der Waals surface area contributed by atoms with Crippen LogP contribution in [0.15, 0.2) is 0 Å². The maximum atomic E-state index is 10.1. The third-order valence-electron chi connectivity index (χ3n) is 3.53. The van der Waals surface area contributed by atoms with Crippen molar-refractivity contribution in [2.75, 3.05) is 26.3 Å². The number of hydrogen-bond acceptors (Lipinski definition) is 4. The summed E-state index contributed by atoms with van der Waals surface area (Å²) in [6.45, 7) is 6.81. The molecule has 0 saturated carbocycles. The molecule has 1 aliphatic heterocycles. The largest absolute Gasteiger partial charge is 0.464 e. The highest BCUT2D eigenvalue weighted by Gasteiger charge is 2.10. The van der Waals surface area contributed by atoms with Crippen LogP contribution >= 0.6 is 0 Å². The second-order valence-corrected chi connectivity index (χ2v) is 5.90. The van der Waals surface area contributed by atoms with Gasteiger partial charge >= 0.3 is 6.09 Å². The Morgan fingerprint density at radius 3 is 2.23 bits per heavy atom. The Morgan fingerprint density at radius 1 is 1.18 bits per heavy atom. The van der Waals surface area contributed by atoms with Gasteiger partial charge in [-0.3, -0.25) is 5.43 Å². The van der Waals surface area contributed by atoms with E-state index < -0.39 is 6.09 Å². The lowest BCUT2D eigenvalue weighted by molar-refractivity contribution is 0.0144. The summed E-state index contributed by atoms with van der Waals surface area (Å²) in [6.07, 6.45) is 9.91.